The van der Waals surface area contributed by atoms with Crippen molar-refractivity contribution in [3.63, 3.8) is 0 Å². The van der Waals surface area contributed by atoms with Crippen molar-refractivity contribution in [2.45, 2.75) is 13.8 Å². The summed E-state index contributed by atoms with van der Waals surface area (Å²) in [7, 11) is 0. The van der Waals surface area contributed by atoms with E-state index in [0.29, 0.717) is 12.4 Å². The minimum atomic E-state index is 0.496. The van der Waals surface area contributed by atoms with Gasteiger partial charge in [-0.15, -0.1) is 0 Å². The summed E-state index contributed by atoms with van der Waals surface area (Å²) in [6.07, 6.45) is 1.65. The first-order valence-electron chi connectivity index (χ1n) is 5.33. The largest absolute Gasteiger partial charge is 0.492 e. The third-order valence-electron chi connectivity index (χ3n) is 2.32. The molecule has 4 nitrogen and oxygen atoms in total. The van der Waals surface area contributed by atoms with Crippen LogP contribution in [0.3, 0.4) is 0 Å². The van der Waals surface area contributed by atoms with Crippen LogP contribution in [0.1, 0.15) is 13.8 Å². The van der Waals surface area contributed by atoms with Crippen molar-refractivity contribution >= 4 is 5.82 Å². The highest BCUT2D eigenvalue weighted by Gasteiger charge is 1.99. The van der Waals surface area contributed by atoms with Crippen LogP contribution in [0.25, 0.3) is 0 Å². The molecule has 0 unspecified atom stereocenters. The molecular weight excluding hydrogens is 190 g/mol. The normalized spacial score (nSPS) is 10.6. The molecular formula is C11H19N3O. The number of pyridine rings is 1. The van der Waals surface area contributed by atoms with E-state index in [1.165, 1.54) is 0 Å². The van der Waals surface area contributed by atoms with Crippen molar-refractivity contribution in [2.24, 2.45) is 0 Å². The average molecular weight is 209 g/mol. The number of ether oxygens (including phenoxy) is 1. The van der Waals surface area contributed by atoms with Crippen molar-refractivity contribution in [1.82, 2.24) is 9.88 Å². The molecule has 15 heavy (non-hydrogen) atoms. The van der Waals surface area contributed by atoms with Gasteiger partial charge >= 0.3 is 0 Å². The summed E-state index contributed by atoms with van der Waals surface area (Å²) in [5.74, 6) is 1.28. The van der Waals surface area contributed by atoms with Crippen LogP contribution in [0.5, 0.6) is 5.75 Å². The Labute approximate surface area is 91.1 Å². The quantitative estimate of drug-likeness (QED) is 0.769. The Bertz CT molecular complexity index is 287. The van der Waals surface area contributed by atoms with Crippen molar-refractivity contribution < 1.29 is 4.74 Å². The molecule has 4 heteroatoms. The van der Waals surface area contributed by atoms with Gasteiger partial charge in [0.05, 0.1) is 0 Å². The van der Waals surface area contributed by atoms with Crippen LogP contribution in [0.4, 0.5) is 5.82 Å². The molecule has 1 heterocycles. The lowest BCUT2D eigenvalue weighted by atomic mass is 10.4. The first-order valence-corrected chi connectivity index (χ1v) is 5.33. The van der Waals surface area contributed by atoms with Gasteiger partial charge in [0.25, 0.3) is 0 Å². The van der Waals surface area contributed by atoms with Crippen molar-refractivity contribution in [2.75, 3.05) is 32.0 Å². The molecule has 84 valence electrons. The zero-order valence-corrected chi connectivity index (χ0v) is 9.44. The van der Waals surface area contributed by atoms with E-state index in [-0.39, 0.29) is 0 Å². The van der Waals surface area contributed by atoms with Gasteiger partial charge in [-0.05, 0) is 19.2 Å². The number of hydrogen-bond donors (Lipinski definition) is 1. The maximum absolute atomic E-state index is 5.56. The van der Waals surface area contributed by atoms with Gasteiger partial charge in [-0.2, -0.15) is 0 Å². The van der Waals surface area contributed by atoms with Crippen LogP contribution < -0.4 is 10.5 Å². The molecule has 0 saturated carbocycles. The number of aromatic nitrogens is 1. The fourth-order valence-electron chi connectivity index (χ4n) is 1.35. The minimum absolute atomic E-state index is 0.496. The maximum atomic E-state index is 5.56. The third kappa shape index (κ3) is 4.16. The minimum Gasteiger partial charge on any atom is -0.492 e. The molecule has 0 amide bonds. The number of hydrogen-bond acceptors (Lipinski definition) is 4. The van der Waals surface area contributed by atoms with Gasteiger partial charge in [-0.3, -0.25) is 0 Å². The molecule has 0 radical (unpaired) electrons. The fraction of sp³-hybridized carbons (Fsp3) is 0.545. The average Bonchev–Trinajstić information content (AvgIpc) is 2.25. The number of likely N-dealkylation sites (N-methyl/N-ethyl adjacent to an activating group) is 1. The van der Waals surface area contributed by atoms with E-state index in [1.54, 1.807) is 12.3 Å². The molecule has 2 N–H and O–H groups in total. The number of rotatable bonds is 6. The van der Waals surface area contributed by atoms with Gasteiger partial charge in [-0.1, -0.05) is 13.8 Å². The Kier molecular flexibility index (Phi) is 4.90. The van der Waals surface area contributed by atoms with Gasteiger partial charge in [-0.25, -0.2) is 4.98 Å². The molecule has 0 atom stereocenters. The highest BCUT2D eigenvalue weighted by atomic mass is 16.5. The van der Waals surface area contributed by atoms with Crippen molar-refractivity contribution in [1.29, 1.82) is 0 Å². The van der Waals surface area contributed by atoms with Crippen LogP contribution in [0.2, 0.25) is 0 Å². The van der Waals surface area contributed by atoms with E-state index in [1.807, 2.05) is 6.07 Å². The summed E-state index contributed by atoms with van der Waals surface area (Å²) >= 11 is 0. The molecule has 0 aliphatic carbocycles. The van der Waals surface area contributed by atoms with Crippen LogP contribution in [-0.4, -0.2) is 36.1 Å². The number of nitrogens with two attached hydrogens (primary N) is 1. The molecule has 0 spiro atoms. The molecule has 0 fully saturated rings. The Hall–Kier alpha value is -1.29. The van der Waals surface area contributed by atoms with Crippen LogP contribution in [-0.2, 0) is 0 Å². The monoisotopic (exact) mass is 209 g/mol. The SMILES string of the molecule is CCN(CC)CCOc1ccnc(N)c1. The second kappa shape index (κ2) is 6.24. The van der Waals surface area contributed by atoms with E-state index in [0.717, 1.165) is 25.4 Å². The molecule has 0 aliphatic rings. The molecule has 1 aromatic rings. The summed E-state index contributed by atoms with van der Waals surface area (Å²) in [5, 5.41) is 0. The van der Waals surface area contributed by atoms with Gasteiger partial charge in [0, 0.05) is 18.8 Å². The van der Waals surface area contributed by atoms with Crippen LogP contribution in [0, 0.1) is 0 Å². The zero-order valence-electron chi connectivity index (χ0n) is 9.44. The van der Waals surface area contributed by atoms with E-state index in [2.05, 4.69) is 23.7 Å². The second-order valence-corrected chi connectivity index (χ2v) is 3.29. The summed E-state index contributed by atoms with van der Waals surface area (Å²) < 4.78 is 5.56. The lowest BCUT2D eigenvalue weighted by Gasteiger charge is -2.17. The predicted molar refractivity (Wildman–Crippen MR) is 61.9 cm³/mol. The van der Waals surface area contributed by atoms with Gasteiger partial charge in [0.1, 0.15) is 18.2 Å². The Morgan fingerprint density at radius 2 is 2.13 bits per heavy atom. The van der Waals surface area contributed by atoms with E-state index < -0.39 is 0 Å². The lowest BCUT2D eigenvalue weighted by Crippen LogP contribution is -2.27. The van der Waals surface area contributed by atoms with E-state index in [9.17, 15) is 0 Å². The number of nitrogens with zero attached hydrogens (tertiary/aromatic N) is 2. The Morgan fingerprint density at radius 3 is 2.73 bits per heavy atom. The molecule has 0 aliphatic heterocycles. The fourth-order valence-corrected chi connectivity index (χ4v) is 1.35. The summed E-state index contributed by atoms with van der Waals surface area (Å²) in [5.41, 5.74) is 5.54. The number of nitrogen functional groups attached to an aromatic ring is 1. The zero-order chi connectivity index (χ0) is 11.1. The van der Waals surface area contributed by atoms with E-state index >= 15 is 0 Å². The highest BCUT2D eigenvalue weighted by Crippen LogP contribution is 2.11. The maximum Gasteiger partial charge on any atom is 0.126 e. The summed E-state index contributed by atoms with van der Waals surface area (Å²) in [4.78, 5) is 6.21. The predicted octanol–water partition coefficient (Wildman–Crippen LogP) is 1.38. The molecule has 0 aromatic carbocycles. The molecule has 0 bridgehead atoms. The first-order chi connectivity index (χ1) is 7.26. The topological polar surface area (TPSA) is 51.4 Å². The third-order valence-corrected chi connectivity index (χ3v) is 2.32. The molecule has 0 saturated heterocycles. The Balaban J connectivity index is 2.31. The Morgan fingerprint density at radius 1 is 1.40 bits per heavy atom. The van der Waals surface area contributed by atoms with Crippen molar-refractivity contribution in [3.8, 4) is 5.75 Å². The van der Waals surface area contributed by atoms with Crippen molar-refractivity contribution in [3.05, 3.63) is 18.3 Å². The van der Waals surface area contributed by atoms with E-state index in [4.69, 9.17) is 10.5 Å². The van der Waals surface area contributed by atoms with Gasteiger partial charge in [0.15, 0.2) is 0 Å². The molecule has 1 aromatic heterocycles. The lowest BCUT2D eigenvalue weighted by molar-refractivity contribution is 0.223. The smallest absolute Gasteiger partial charge is 0.126 e. The van der Waals surface area contributed by atoms with Crippen LogP contribution in [0.15, 0.2) is 18.3 Å². The summed E-state index contributed by atoms with van der Waals surface area (Å²) in [6, 6.07) is 3.56. The van der Waals surface area contributed by atoms with Gasteiger partial charge in [0.2, 0.25) is 0 Å². The number of anilines is 1. The highest BCUT2D eigenvalue weighted by molar-refractivity contribution is 5.35. The van der Waals surface area contributed by atoms with Crippen LogP contribution >= 0.6 is 0 Å². The first kappa shape index (κ1) is 11.8. The molecule has 1 rings (SSSR count). The summed E-state index contributed by atoms with van der Waals surface area (Å²) in [6.45, 7) is 8.03. The standard InChI is InChI=1S/C11H19N3O/c1-3-14(4-2)7-8-15-10-5-6-13-11(12)9-10/h5-6,9H,3-4,7-8H2,1-2H3,(H2,12,13). The van der Waals surface area contributed by atoms with Gasteiger partial charge < -0.3 is 15.4 Å². The second-order valence-electron chi connectivity index (χ2n) is 3.29.